The molecule has 0 aromatic carbocycles. The van der Waals surface area contributed by atoms with E-state index in [4.69, 9.17) is 18.0 Å². The van der Waals surface area contributed by atoms with Gasteiger partial charge < -0.3 is 5.73 Å². The molecule has 19 heavy (non-hydrogen) atoms. The summed E-state index contributed by atoms with van der Waals surface area (Å²) in [6, 6.07) is 1.76. The number of nitrogens with zero attached hydrogens (tertiary/aromatic N) is 1. The molecule has 0 bridgehead atoms. The number of nitrogens with two attached hydrogens (primary N) is 1. The van der Waals surface area contributed by atoms with E-state index >= 15 is 0 Å². The molecule has 0 atom stereocenters. The summed E-state index contributed by atoms with van der Waals surface area (Å²) in [7, 11) is -3.53. The molecule has 0 radical (unpaired) electrons. The molecular weight excluding hydrogens is 368 g/mol. The molecule has 1 aliphatic rings. The highest BCUT2D eigenvalue weighted by atomic mass is 79.9. The molecule has 106 valence electrons. The van der Waals surface area contributed by atoms with E-state index in [-0.39, 0.29) is 17.6 Å². The summed E-state index contributed by atoms with van der Waals surface area (Å²) in [5.74, 6) is 0. The lowest BCUT2D eigenvalue weighted by atomic mass is 10.2. The molecule has 4 nitrogen and oxygen atoms in total. The van der Waals surface area contributed by atoms with Gasteiger partial charge in [0.05, 0.1) is 11.5 Å². The number of thiocarbonyl (C=S) groups is 1. The zero-order valence-electron chi connectivity index (χ0n) is 10.2. The first-order valence-electron chi connectivity index (χ1n) is 5.96. The van der Waals surface area contributed by atoms with Crippen LogP contribution in [0.1, 0.15) is 25.7 Å². The largest absolute Gasteiger partial charge is 0.392 e. The minimum absolute atomic E-state index is 0.0144. The maximum atomic E-state index is 12.7. The van der Waals surface area contributed by atoms with E-state index in [2.05, 4.69) is 15.9 Å². The SMILES string of the molecule is NC(=S)CN(C1CCCC1)S(=O)(=O)c1sccc1Br. The van der Waals surface area contributed by atoms with Crippen molar-refractivity contribution >= 4 is 54.5 Å². The van der Waals surface area contributed by atoms with E-state index < -0.39 is 10.0 Å². The Hall–Kier alpha value is -0.0200. The highest BCUT2D eigenvalue weighted by molar-refractivity contribution is 9.10. The van der Waals surface area contributed by atoms with Crippen LogP contribution in [-0.2, 0) is 10.0 Å². The van der Waals surface area contributed by atoms with Crippen molar-refractivity contribution in [2.45, 2.75) is 35.9 Å². The third kappa shape index (κ3) is 3.36. The maximum absolute atomic E-state index is 12.7. The van der Waals surface area contributed by atoms with Gasteiger partial charge in [0.15, 0.2) is 0 Å². The van der Waals surface area contributed by atoms with Gasteiger partial charge in [0, 0.05) is 10.5 Å². The van der Waals surface area contributed by atoms with Gasteiger partial charge in [-0.1, -0.05) is 25.1 Å². The number of hydrogen-bond donors (Lipinski definition) is 1. The predicted octanol–water partition coefficient (Wildman–Crippen LogP) is 2.73. The van der Waals surface area contributed by atoms with Gasteiger partial charge in [-0.15, -0.1) is 11.3 Å². The normalized spacial score (nSPS) is 17.2. The molecule has 1 aromatic rings. The van der Waals surface area contributed by atoms with E-state index in [0.717, 1.165) is 25.7 Å². The quantitative estimate of drug-likeness (QED) is 0.795. The highest BCUT2D eigenvalue weighted by Gasteiger charge is 2.35. The highest BCUT2D eigenvalue weighted by Crippen LogP contribution is 2.34. The molecule has 1 fully saturated rings. The molecule has 1 aromatic heterocycles. The Morgan fingerprint density at radius 3 is 2.63 bits per heavy atom. The molecule has 1 saturated carbocycles. The van der Waals surface area contributed by atoms with Crippen LogP contribution in [0.25, 0.3) is 0 Å². The fraction of sp³-hybridized carbons (Fsp3) is 0.545. The molecule has 8 heteroatoms. The molecule has 2 rings (SSSR count). The van der Waals surface area contributed by atoms with Crippen molar-refractivity contribution in [3.05, 3.63) is 15.9 Å². The third-order valence-electron chi connectivity index (χ3n) is 3.17. The average Bonchev–Trinajstić information content (AvgIpc) is 2.95. The van der Waals surface area contributed by atoms with Crippen molar-refractivity contribution < 1.29 is 8.42 Å². The Kier molecular flexibility index (Phi) is 4.99. The van der Waals surface area contributed by atoms with Gasteiger partial charge in [0.25, 0.3) is 10.0 Å². The van der Waals surface area contributed by atoms with E-state index in [1.165, 1.54) is 15.6 Å². The first kappa shape index (κ1) is 15.4. The van der Waals surface area contributed by atoms with Crippen molar-refractivity contribution in [3.8, 4) is 0 Å². The Morgan fingerprint density at radius 2 is 2.16 bits per heavy atom. The van der Waals surface area contributed by atoms with Crippen molar-refractivity contribution in [1.29, 1.82) is 0 Å². The summed E-state index contributed by atoms with van der Waals surface area (Å²) in [5, 5.41) is 1.75. The number of thiophene rings is 1. The second-order valence-corrected chi connectivity index (χ2v) is 8.89. The standard InChI is InChI=1S/C11H15BrN2O2S3/c12-9-5-6-18-11(9)19(15,16)14(7-10(13)17)8-3-1-2-4-8/h5-6,8H,1-4,7H2,(H2,13,17). The molecule has 0 saturated heterocycles. The lowest BCUT2D eigenvalue weighted by Crippen LogP contribution is -2.43. The topological polar surface area (TPSA) is 63.4 Å². The van der Waals surface area contributed by atoms with Gasteiger partial charge in [0.2, 0.25) is 0 Å². The first-order valence-corrected chi connectivity index (χ1v) is 9.48. The van der Waals surface area contributed by atoms with Crippen molar-refractivity contribution in [2.75, 3.05) is 6.54 Å². The van der Waals surface area contributed by atoms with Crippen LogP contribution in [0.4, 0.5) is 0 Å². The molecular formula is C11H15BrN2O2S3. The van der Waals surface area contributed by atoms with Crippen LogP contribution < -0.4 is 5.73 Å². The predicted molar refractivity (Wildman–Crippen MR) is 85.0 cm³/mol. The number of sulfonamides is 1. The van der Waals surface area contributed by atoms with Crippen LogP contribution in [0.3, 0.4) is 0 Å². The molecule has 0 aliphatic heterocycles. The molecule has 0 spiro atoms. The molecule has 0 amide bonds. The Morgan fingerprint density at radius 1 is 1.53 bits per heavy atom. The molecule has 1 aliphatic carbocycles. The minimum atomic E-state index is -3.53. The first-order chi connectivity index (χ1) is 8.93. The number of hydrogen-bond acceptors (Lipinski definition) is 4. The summed E-state index contributed by atoms with van der Waals surface area (Å²) in [6.07, 6.45) is 3.87. The second kappa shape index (κ2) is 6.17. The van der Waals surface area contributed by atoms with Gasteiger partial charge in [-0.05, 0) is 40.2 Å². The third-order valence-corrected chi connectivity index (χ3v) is 7.85. The van der Waals surface area contributed by atoms with Gasteiger partial charge in [-0.25, -0.2) is 8.42 Å². The molecule has 1 heterocycles. The summed E-state index contributed by atoms with van der Waals surface area (Å²) in [6.45, 7) is 0.118. The van der Waals surface area contributed by atoms with Crippen LogP contribution in [-0.4, -0.2) is 30.3 Å². The molecule has 2 N–H and O–H groups in total. The Labute approximate surface area is 131 Å². The van der Waals surface area contributed by atoms with Crippen molar-refractivity contribution in [2.24, 2.45) is 5.73 Å². The van der Waals surface area contributed by atoms with Crippen LogP contribution in [0.5, 0.6) is 0 Å². The average molecular weight is 383 g/mol. The Bertz CT molecular complexity index is 564. The van der Waals surface area contributed by atoms with E-state index in [1.54, 1.807) is 11.4 Å². The van der Waals surface area contributed by atoms with E-state index in [1.807, 2.05) is 0 Å². The zero-order chi connectivity index (χ0) is 14.0. The van der Waals surface area contributed by atoms with Crippen molar-refractivity contribution in [3.63, 3.8) is 0 Å². The van der Waals surface area contributed by atoms with Crippen molar-refractivity contribution in [1.82, 2.24) is 4.31 Å². The number of halogens is 1. The smallest absolute Gasteiger partial charge is 0.254 e. The summed E-state index contributed by atoms with van der Waals surface area (Å²) >= 11 is 9.40. The lowest BCUT2D eigenvalue weighted by molar-refractivity contribution is 0.355. The van der Waals surface area contributed by atoms with Crippen LogP contribution in [0.2, 0.25) is 0 Å². The fourth-order valence-electron chi connectivity index (χ4n) is 2.33. The number of rotatable bonds is 5. The van der Waals surface area contributed by atoms with Crippen LogP contribution in [0, 0.1) is 0 Å². The Balaban J connectivity index is 2.36. The fourth-order valence-corrected chi connectivity index (χ4v) is 6.64. The summed E-state index contributed by atoms with van der Waals surface area (Å²) in [5.41, 5.74) is 5.57. The zero-order valence-corrected chi connectivity index (χ0v) is 14.2. The maximum Gasteiger partial charge on any atom is 0.254 e. The van der Waals surface area contributed by atoms with Crippen LogP contribution in [0.15, 0.2) is 20.1 Å². The van der Waals surface area contributed by atoms with Gasteiger partial charge in [-0.2, -0.15) is 4.31 Å². The lowest BCUT2D eigenvalue weighted by Gasteiger charge is -2.27. The second-order valence-electron chi connectivity index (χ2n) is 4.51. The summed E-state index contributed by atoms with van der Waals surface area (Å²) in [4.78, 5) is 0.211. The molecule has 0 unspecified atom stereocenters. The minimum Gasteiger partial charge on any atom is -0.392 e. The van der Waals surface area contributed by atoms with Crippen LogP contribution >= 0.6 is 39.5 Å². The summed E-state index contributed by atoms with van der Waals surface area (Å²) < 4.78 is 27.9. The van der Waals surface area contributed by atoms with E-state index in [0.29, 0.717) is 8.68 Å². The monoisotopic (exact) mass is 382 g/mol. The van der Waals surface area contributed by atoms with Gasteiger partial charge >= 0.3 is 0 Å². The van der Waals surface area contributed by atoms with E-state index in [9.17, 15) is 8.42 Å². The van der Waals surface area contributed by atoms with Gasteiger partial charge in [0.1, 0.15) is 4.21 Å². The van der Waals surface area contributed by atoms with Gasteiger partial charge in [-0.3, -0.25) is 0 Å².